The molecule has 0 aliphatic carbocycles. The van der Waals surface area contributed by atoms with E-state index < -0.39 is 0 Å². The summed E-state index contributed by atoms with van der Waals surface area (Å²) < 4.78 is 5.07. The Hall–Kier alpha value is -0.150. The molecule has 3 heteroatoms. The summed E-state index contributed by atoms with van der Waals surface area (Å²) in [5.74, 6) is 0. The van der Waals surface area contributed by atoms with Crippen molar-refractivity contribution in [3.8, 4) is 5.06 Å². The Morgan fingerprint density at radius 3 is 2.89 bits per heavy atom. The maximum absolute atomic E-state index is 5.07. The first kappa shape index (κ1) is 6.96. The number of thiophene rings is 1. The van der Waals surface area contributed by atoms with Gasteiger partial charge >= 0.3 is 0 Å². The van der Waals surface area contributed by atoms with Gasteiger partial charge < -0.3 is 4.74 Å². The third-order valence-corrected chi connectivity index (χ3v) is 2.76. The van der Waals surface area contributed by atoms with Crippen molar-refractivity contribution in [2.24, 2.45) is 0 Å². The third kappa shape index (κ3) is 1.40. The molecule has 0 radical (unpaired) electrons. The Morgan fingerprint density at radius 2 is 2.44 bits per heavy atom. The first-order valence-corrected chi connectivity index (χ1v) is 4.64. The van der Waals surface area contributed by atoms with E-state index in [-0.39, 0.29) is 0 Å². The van der Waals surface area contributed by atoms with Gasteiger partial charge in [-0.1, -0.05) is 0 Å². The number of hydrogen-bond donors (Lipinski definition) is 0. The van der Waals surface area contributed by atoms with E-state index in [1.54, 1.807) is 30.2 Å². The smallest absolute Gasteiger partial charge is 0.187 e. The fourth-order valence-electron chi connectivity index (χ4n) is 0.584. The molecule has 1 aromatic heterocycles. The van der Waals surface area contributed by atoms with Gasteiger partial charge in [0.15, 0.2) is 5.06 Å². The highest BCUT2D eigenvalue weighted by atomic mass is 32.2. The van der Waals surface area contributed by atoms with Gasteiger partial charge in [-0.3, -0.25) is 0 Å². The zero-order valence-electron chi connectivity index (χ0n) is 5.38. The second-order valence-electron chi connectivity index (χ2n) is 1.48. The largest absolute Gasteiger partial charge is 0.486 e. The molecule has 0 unspecified atom stereocenters. The summed E-state index contributed by atoms with van der Waals surface area (Å²) in [5.41, 5.74) is 0. The Labute approximate surface area is 63.0 Å². The maximum Gasteiger partial charge on any atom is 0.187 e. The molecule has 1 aromatic rings. The van der Waals surface area contributed by atoms with E-state index in [9.17, 15) is 0 Å². The zero-order valence-corrected chi connectivity index (χ0v) is 7.01. The van der Waals surface area contributed by atoms with Crippen LogP contribution in [0.2, 0.25) is 0 Å². The Kier molecular flexibility index (Phi) is 2.42. The standard InChI is InChI=1S/C6H8OS2/c1-7-6-5(8-2)3-4-9-6/h3-4H,1-2H3. The minimum Gasteiger partial charge on any atom is -0.486 e. The van der Waals surface area contributed by atoms with E-state index in [0.29, 0.717) is 0 Å². The van der Waals surface area contributed by atoms with Gasteiger partial charge in [-0.25, -0.2) is 0 Å². The lowest BCUT2D eigenvalue weighted by atomic mass is 10.6. The fourth-order valence-corrected chi connectivity index (χ4v) is 2.13. The van der Waals surface area contributed by atoms with Crippen LogP contribution >= 0.6 is 23.1 Å². The molecule has 0 atom stereocenters. The van der Waals surface area contributed by atoms with Gasteiger partial charge in [-0.2, -0.15) is 0 Å². The molecule has 0 aromatic carbocycles. The Balaban J connectivity index is 2.85. The molecular formula is C6H8OS2. The van der Waals surface area contributed by atoms with Gasteiger partial charge in [0, 0.05) is 0 Å². The maximum atomic E-state index is 5.07. The number of hydrogen-bond acceptors (Lipinski definition) is 3. The lowest BCUT2D eigenvalue weighted by Gasteiger charge is -1.95. The molecule has 1 rings (SSSR count). The molecule has 1 nitrogen and oxygen atoms in total. The van der Waals surface area contributed by atoms with Crippen molar-refractivity contribution in [3.05, 3.63) is 11.4 Å². The van der Waals surface area contributed by atoms with Crippen LogP contribution in [0.15, 0.2) is 16.3 Å². The van der Waals surface area contributed by atoms with Crippen LogP contribution in [-0.4, -0.2) is 13.4 Å². The van der Waals surface area contributed by atoms with Crippen molar-refractivity contribution in [3.63, 3.8) is 0 Å². The summed E-state index contributed by atoms with van der Waals surface area (Å²) in [6.07, 6.45) is 2.05. The molecule has 9 heavy (non-hydrogen) atoms. The molecule has 0 amide bonds. The van der Waals surface area contributed by atoms with Gasteiger partial charge in [0.1, 0.15) is 0 Å². The summed E-state index contributed by atoms with van der Waals surface area (Å²) in [5, 5.41) is 3.05. The predicted molar refractivity (Wildman–Crippen MR) is 42.7 cm³/mol. The molecule has 0 fully saturated rings. The van der Waals surface area contributed by atoms with E-state index >= 15 is 0 Å². The monoisotopic (exact) mass is 160 g/mol. The highest BCUT2D eigenvalue weighted by molar-refractivity contribution is 7.98. The highest BCUT2D eigenvalue weighted by Gasteiger charge is 1.99. The van der Waals surface area contributed by atoms with Crippen LogP contribution in [0.1, 0.15) is 0 Å². The van der Waals surface area contributed by atoms with Crippen LogP contribution in [0.4, 0.5) is 0 Å². The van der Waals surface area contributed by atoms with E-state index in [0.717, 1.165) is 5.06 Å². The average Bonchev–Trinajstić information content (AvgIpc) is 2.33. The topological polar surface area (TPSA) is 9.23 Å². The van der Waals surface area contributed by atoms with E-state index in [2.05, 4.69) is 6.07 Å². The van der Waals surface area contributed by atoms with E-state index in [1.807, 2.05) is 11.6 Å². The van der Waals surface area contributed by atoms with E-state index in [1.165, 1.54) is 4.90 Å². The van der Waals surface area contributed by atoms with Crippen LogP contribution in [0.5, 0.6) is 5.06 Å². The van der Waals surface area contributed by atoms with E-state index in [4.69, 9.17) is 4.74 Å². The molecule has 0 saturated carbocycles. The quantitative estimate of drug-likeness (QED) is 0.615. The summed E-state index contributed by atoms with van der Waals surface area (Å²) in [4.78, 5) is 1.22. The van der Waals surface area contributed by atoms with Gasteiger partial charge in [-0.05, 0) is 17.7 Å². The van der Waals surface area contributed by atoms with Crippen LogP contribution in [0, 0.1) is 0 Å². The number of rotatable bonds is 2. The van der Waals surface area contributed by atoms with Gasteiger partial charge in [0.2, 0.25) is 0 Å². The molecule has 50 valence electrons. The summed E-state index contributed by atoms with van der Waals surface area (Å²) in [7, 11) is 1.70. The average molecular weight is 160 g/mol. The lowest BCUT2D eigenvalue weighted by molar-refractivity contribution is 0.418. The summed E-state index contributed by atoms with van der Waals surface area (Å²) in [6, 6.07) is 2.06. The molecule has 0 bridgehead atoms. The molecule has 0 saturated heterocycles. The highest BCUT2D eigenvalue weighted by Crippen LogP contribution is 2.32. The van der Waals surface area contributed by atoms with Gasteiger partial charge in [0.25, 0.3) is 0 Å². The summed E-state index contributed by atoms with van der Waals surface area (Å²) >= 11 is 3.34. The normalized spacial score (nSPS) is 9.56. The van der Waals surface area contributed by atoms with Crippen LogP contribution < -0.4 is 4.74 Å². The molecule has 0 aliphatic heterocycles. The zero-order chi connectivity index (χ0) is 6.69. The van der Waals surface area contributed by atoms with Crippen molar-refractivity contribution < 1.29 is 4.74 Å². The number of methoxy groups -OCH3 is 1. The van der Waals surface area contributed by atoms with Crippen molar-refractivity contribution in [1.29, 1.82) is 0 Å². The number of ether oxygens (including phenoxy) is 1. The van der Waals surface area contributed by atoms with Crippen molar-refractivity contribution >= 4 is 23.1 Å². The lowest BCUT2D eigenvalue weighted by Crippen LogP contribution is -1.77. The minimum absolute atomic E-state index is 1.02. The van der Waals surface area contributed by atoms with Crippen LogP contribution in [0.25, 0.3) is 0 Å². The van der Waals surface area contributed by atoms with Crippen molar-refractivity contribution in [2.75, 3.05) is 13.4 Å². The molecule has 0 spiro atoms. The first-order chi connectivity index (χ1) is 4.38. The van der Waals surface area contributed by atoms with Crippen LogP contribution in [-0.2, 0) is 0 Å². The third-order valence-electron chi connectivity index (χ3n) is 1.00. The Bertz CT molecular complexity index is 164. The molecule has 1 heterocycles. The van der Waals surface area contributed by atoms with Gasteiger partial charge in [-0.15, -0.1) is 23.1 Å². The SMILES string of the molecule is COc1sccc1SC. The predicted octanol–water partition coefficient (Wildman–Crippen LogP) is 2.48. The summed E-state index contributed by atoms with van der Waals surface area (Å²) in [6.45, 7) is 0. The first-order valence-electron chi connectivity index (χ1n) is 2.54. The van der Waals surface area contributed by atoms with Gasteiger partial charge in [0.05, 0.1) is 12.0 Å². The number of thioether (sulfide) groups is 1. The van der Waals surface area contributed by atoms with Crippen molar-refractivity contribution in [1.82, 2.24) is 0 Å². The molecule has 0 aliphatic rings. The fraction of sp³-hybridized carbons (Fsp3) is 0.333. The minimum atomic E-state index is 1.02. The Morgan fingerprint density at radius 1 is 1.67 bits per heavy atom. The van der Waals surface area contributed by atoms with Crippen molar-refractivity contribution in [2.45, 2.75) is 4.90 Å². The second-order valence-corrected chi connectivity index (χ2v) is 3.21. The molecular weight excluding hydrogens is 152 g/mol. The van der Waals surface area contributed by atoms with Crippen LogP contribution in [0.3, 0.4) is 0 Å². The second kappa shape index (κ2) is 3.13. The molecule has 0 N–H and O–H groups in total.